The van der Waals surface area contributed by atoms with Crippen LogP contribution in [-0.2, 0) is 9.59 Å². The number of hydrogen-bond donors (Lipinski definition) is 2. The minimum atomic E-state index is -0.00683. The molecule has 2 heterocycles. The summed E-state index contributed by atoms with van der Waals surface area (Å²) >= 11 is 0. The summed E-state index contributed by atoms with van der Waals surface area (Å²) in [6.45, 7) is 4.32. The van der Waals surface area contributed by atoms with Gasteiger partial charge in [-0.05, 0) is 37.8 Å². The van der Waals surface area contributed by atoms with Gasteiger partial charge in [0.2, 0.25) is 11.8 Å². The molecule has 1 aliphatic heterocycles. The molecule has 0 saturated carbocycles. The van der Waals surface area contributed by atoms with Crippen LogP contribution in [0.4, 0.5) is 11.5 Å². The number of nitrogens with zero attached hydrogens (tertiary/aromatic N) is 2. The zero-order valence-corrected chi connectivity index (χ0v) is 13.8. The van der Waals surface area contributed by atoms with E-state index in [1.165, 1.54) is 19.8 Å². The number of carbonyl (C=O) groups is 2. The molecular weight excluding hydrogens is 292 g/mol. The Morgan fingerprint density at radius 3 is 2.61 bits per heavy atom. The largest absolute Gasteiger partial charge is 0.357 e. The van der Waals surface area contributed by atoms with Crippen molar-refractivity contribution in [2.45, 2.75) is 45.4 Å². The first kappa shape index (κ1) is 17.2. The highest BCUT2D eigenvalue weighted by molar-refractivity contribution is 5.90. The molecule has 0 aromatic carbocycles. The van der Waals surface area contributed by atoms with Gasteiger partial charge in [0.1, 0.15) is 5.82 Å². The van der Waals surface area contributed by atoms with Gasteiger partial charge in [-0.25, -0.2) is 4.98 Å². The van der Waals surface area contributed by atoms with E-state index in [2.05, 4.69) is 20.5 Å². The molecule has 2 N–H and O–H groups in total. The van der Waals surface area contributed by atoms with E-state index in [1.807, 2.05) is 12.1 Å². The van der Waals surface area contributed by atoms with Crippen molar-refractivity contribution in [3.05, 3.63) is 18.3 Å². The number of nitrogens with one attached hydrogen (secondary N) is 2. The summed E-state index contributed by atoms with van der Waals surface area (Å²) in [5.41, 5.74) is 0.746. The first-order chi connectivity index (χ1) is 11.1. The summed E-state index contributed by atoms with van der Waals surface area (Å²) in [6, 6.07) is 3.88. The van der Waals surface area contributed by atoms with E-state index in [1.54, 1.807) is 6.20 Å². The van der Waals surface area contributed by atoms with Gasteiger partial charge in [0.25, 0.3) is 0 Å². The van der Waals surface area contributed by atoms with Crippen LogP contribution in [0, 0.1) is 0 Å². The number of amides is 2. The zero-order chi connectivity index (χ0) is 16.5. The molecule has 23 heavy (non-hydrogen) atoms. The molecule has 6 heteroatoms. The predicted octanol–water partition coefficient (Wildman–Crippen LogP) is 2.32. The molecule has 0 aliphatic carbocycles. The van der Waals surface area contributed by atoms with Crippen LogP contribution >= 0.6 is 0 Å². The Bertz CT molecular complexity index is 510. The van der Waals surface area contributed by atoms with Crippen LogP contribution in [-0.4, -0.2) is 36.4 Å². The van der Waals surface area contributed by atoms with E-state index in [4.69, 9.17) is 0 Å². The lowest BCUT2D eigenvalue weighted by Gasteiger charge is -2.16. The van der Waals surface area contributed by atoms with E-state index >= 15 is 0 Å². The van der Waals surface area contributed by atoms with Crippen LogP contribution in [0.2, 0.25) is 0 Å². The van der Waals surface area contributed by atoms with Crippen molar-refractivity contribution < 1.29 is 9.59 Å². The SMILES string of the molecule is CC(=O)NCCCCCC(=O)Nc1ccc(N2CCCC2)nc1. The molecule has 0 bridgehead atoms. The third kappa shape index (κ3) is 6.26. The number of carbonyl (C=O) groups excluding carboxylic acids is 2. The molecule has 0 atom stereocenters. The monoisotopic (exact) mass is 318 g/mol. The lowest BCUT2D eigenvalue weighted by Crippen LogP contribution is -2.20. The van der Waals surface area contributed by atoms with Crippen LogP contribution in [0.1, 0.15) is 45.4 Å². The maximum absolute atomic E-state index is 11.9. The van der Waals surface area contributed by atoms with Crippen LogP contribution in [0.5, 0.6) is 0 Å². The average Bonchev–Trinajstić information content (AvgIpc) is 3.05. The Morgan fingerprint density at radius 1 is 1.17 bits per heavy atom. The third-order valence-electron chi connectivity index (χ3n) is 3.92. The fourth-order valence-corrected chi connectivity index (χ4v) is 2.67. The van der Waals surface area contributed by atoms with Gasteiger partial charge in [-0.15, -0.1) is 0 Å². The standard InChI is InChI=1S/C17H26N4O2/c1-14(22)18-10-4-2-3-7-17(23)20-15-8-9-16(19-13-15)21-11-5-6-12-21/h8-9,13H,2-7,10-12H2,1H3,(H,18,22)(H,20,23). The summed E-state index contributed by atoms with van der Waals surface area (Å²) in [4.78, 5) is 29.3. The molecule has 126 valence electrons. The molecule has 1 fully saturated rings. The highest BCUT2D eigenvalue weighted by atomic mass is 16.2. The van der Waals surface area contributed by atoms with Crippen molar-refractivity contribution in [2.24, 2.45) is 0 Å². The molecule has 0 radical (unpaired) electrons. The number of anilines is 2. The van der Waals surface area contributed by atoms with Gasteiger partial charge >= 0.3 is 0 Å². The number of pyridine rings is 1. The molecule has 2 amide bonds. The highest BCUT2D eigenvalue weighted by Crippen LogP contribution is 2.19. The fraction of sp³-hybridized carbons (Fsp3) is 0.588. The van der Waals surface area contributed by atoms with E-state index in [-0.39, 0.29) is 11.8 Å². The highest BCUT2D eigenvalue weighted by Gasteiger charge is 2.13. The van der Waals surface area contributed by atoms with Crippen molar-refractivity contribution in [3.8, 4) is 0 Å². The summed E-state index contributed by atoms with van der Waals surface area (Å²) in [5, 5.41) is 5.63. The van der Waals surface area contributed by atoms with Crippen LogP contribution in [0.15, 0.2) is 18.3 Å². The Balaban J connectivity index is 1.63. The molecule has 0 unspecified atom stereocenters. The number of rotatable bonds is 8. The van der Waals surface area contributed by atoms with Crippen molar-refractivity contribution in [1.82, 2.24) is 10.3 Å². The lowest BCUT2D eigenvalue weighted by atomic mass is 10.2. The van der Waals surface area contributed by atoms with Crippen LogP contribution < -0.4 is 15.5 Å². The van der Waals surface area contributed by atoms with Crippen molar-refractivity contribution >= 4 is 23.3 Å². The summed E-state index contributed by atoms with van der Waals surface area (Å²) < 4.78 is 0. The lowest BCUT2D eigenvalue weighted by molar-refractivity contribution is -0.119. The van der Waals surface area contributed by atoms with E-state index < -0.39 is 0 Å². The molecule has 1 aliphatic rings. The van der Waals surface area contributed by atoms with E-state index in [0.29, 0.717) is 13.0 Å². The van der Waals surface area contributed by atoms with Gasteiger partial charge in [0.15, 0.2) is 0 Å². The van der Waals surface area contributed by atoms with Crippen molar-refractivity contribution in [2.75, 3.05) is 29.9 Å². The molecule has 2 rings (SSSR count). The molecule has 1 aromatic rings. The van der Waals surface area contributed by atoms with Gasteiger partial charge in [-0.3, -0.25) is 9.59 Å². The maximum atomic E-state index is 11.9. The Morgan fingerprint density at radius 2 is 1.96 bits per heavy atom. The third-order valence-corrected chi connectivity index (χ3v) is 3.92. The first-order valence-electron chi connectivity index (χ1n) is 8.40. The van der Waals surface area contributed by atoms with E-state index in [9.17, 15) is 9.59 Å². The zero-order valence-electron chi connectivity index (χ0n) is 13.8. The van der Waals surface area contributed by atoms with E-state index in [0.717, 1.165) is 43.9 Å². The normalized spacial score (nSPS) is 13.9. The number of hydrogen-bond acceptors (Lipinski definition) is 4. The average molecular weight is 318 g/mol. The Hall–Kier alpha value is -2.11. The summed E-state index contributed by atoms with van der Waals surface area (Å²) in [7, 11) is 0. The van der Waals surface area contributed by atoms with Crippen LogP contribution in [0.25, 0.3) is 0 Å². The van der Waals surface area contributed by atoms with Crippen molar-refractivity contribution in [3.63, 3.8) is 0 Å². The minimum absolute atomic E-state index is 0.00683. The Kier molecular flexibility index (Phi) is 6.84. The molecule has 1 aromatic heterocycles. The molecule has 0 spiro atoms. The molecular formula is C17H26N4O2. The number of aromatic nitrogens is 1. The van der Waals surface area contributed by atoms with Gasteiger partial charge in [0, 0.05) is 33.0 Å². The first-order valence-corrected chi connectivity index (χ1v) is 8.40. The summed E-state index contributed by atoms with van der Waals surface area (Å²) in [5.74, 6) is 0.992. The smallest absolute Gasteiger partial charge is 0.224 e. The predicted molar refractivity (Wildman–Crippen MR) is 91.5 cm³/mol. The van der Waals surface area contributed by atoms with Crippen molar-refractivity contribution in [1.29, 1.82) is 0 Å². The topological polar surface area (TPSA) is 74.3 Å². The fourth-order valence-electron chi connectivity index (χ4n) is 2.67. The summed E-state index contributed by atoms with van der Waals surface area (Å²) in [6.07, 6.45) is 7.32. The second kappa shape index (κ2) is 9.12. The maximum Gasteiger partial charge on any atom is 0.224 e. The quantitative estimate of drug-likeness (QED) is 0.721. The number of unbranched alkanes of at least 4 members (excludes halogenated alkanes) is 2. The van der Waals surface area contributed by atoms with Crippen LogP contribution in [0.3, 0.4) is 0 Å². The second-order valence-corrected chi connectivity index (χ2v) is 5.94. The van der Waals surface area contributed by atoms with Gasteiger partial charge in [-0.1, -0.05) is 6.42 Å². The second-order valence-electron chi connectivity index (χ2n) is 5.94. The van der Waals surface area contributed by atoms with Gasteiger partial charge in [-0.2, -0.15) is 0 Å². The molecule has 1 saturated heterocycles. The minimum Gasteiger partial charge on any atom is -0.357 e. The van der Waals surface area contributed by atoms with Gasteiger partial charge in [0.05, 0.1) is 11.9 Å². The Labute approximate surface area is 137 Å². The molecule has 6 nitrogen and oxygen atoms in total. The van der Waals surface area contributed by atoms with Gasteiger partial charge < -0.3 is 15.5 Å².